The molecule has 0 spiro atoms. The summed E-state index contributed by atoms with van der Waals surface area (Å²) < 4.78 is 5.44. The second-order valence-corrected chi connectivity index (χ2v) is 6.73. The molecule has 1 N–H and O–H groups in total. The fraction of sp³-hybridized carbons (Fsp3) is 0.250. The fourth-order valence-electron chi connectivity index (χ4n) is 1.79. The van der Waals surface area contributed by atoms with Gasteiger partial charge in [-0.25, -0.2) is 4.79 Å². The molecule has 0 aliphatic carbocycles. The van der Waals surface area contributed by atoms with E-state index in [1.807, 2.05) is 43.3 Å². The third kappa shape index (κ3) is 5.26. The lowest BCUT2D eigenvalue weighted by Gasteiger charge is -2.13. The zero-order chi connectivity index (χ0) is 16.8. The Labute approximate surface area is 143 Å². The normalized spacial score (nSPS) is 10.2. The Morgan fingerprint density at radius 3 is 2.43 bits per heavy atom. The lowest BCUT2D eigenvalue weighted by Crippen LogP contribution is -2.28. The van der Waals surface area contributed by atoms with Crippen LogP contribution in [0.3, 0.4) is 0 Å². The van der Waals surface area contributed by atoms with E-state index in [-0.39, 0.29) is 12.5 Å². The number of carbonyl (C=O) groups is 2. The van der Waals surface area contributed by atoms with Gasteiger partial charge in [0.2, 0.25) is 0 Å². The summed E-state index contributed by atoms with van der Waals surface area (Å²) in [7, 11) is 3.93. The lowest BCUT2D eigenvalue weighted by atomic mass is 10.2. The van der Waals surface area contributed by atoms with Gasteiger partial charge in [-0.15, -0.1) is 11.3 Å². The molecule has 5 nitrogen and oxygen atoms in total. The Balaban J connectivity index is 1.75. The predicted octanol–water partition coefficient (Wildman–Crippen LogP) is 2.94. The van der Waals surface area contributed by atoms with Crippen LogP contribution >= 0.6 is 22.9 Å². The van der Waals surface area contributed by atoms with Crippen molar-refractivity contribution in [3.63, 3.8) is 0 Å². The standard InChI is InChI=1S/C16H17ClN2O3S/c1-19(2)12-5-3-11(4-6-12)9-18-15(20)10-22-16(21)13-7-8-14(17)23-13/h3-8H,9-10H2,1-2H3,(H,18,20). The first-order valence-electron chi connectivity index (χ1n) is 6.91. The quantitative estimate of drug-likeness (QED) is 0.812. The highest BCUT2D eigenvalue weighted by atomic mass is 35.5. The van der Waals surface area contributed by atoms with Gasteiger partial charge < -0.3 is 15.0 Å². The summed E-state index contributed by atoms with van der Waals surface area (Å²) in [4.78, 5) is 25.8. The number of carbonyl (C=O) groups excluding carboxylic acids is 2. The molecule has 0 bridgehead atoms. The van der Waals surface area contributed by atoms with E-state index < -0.39 is 5.97 Å². The average molecular weight is 353 g/mol. The summed E-state index contributed by atoms with van der Waals surface area (Å²) in [5.41, 5.74) is 2.06. The second-order valence-electron chi connectivity index (χ2n) is 5.02. The van der Waals surface area contributed by atoms with Gasteiger partial charge in [0.1, 0.15) is 4.88 Å². The van der Waals surface area contributed by atoms with Crippen molar-refractivity contribution < 1.29 is 14.3 Å². The zero-order valence-electron chi connectivity index (χ0n) is 12.8. The molecular formula is C16H17ClN2O3S. The average Bonchev–Trinajstić information content (AvgIpc) is 2.97. The topological polar surface area (TPSA) is 58.6 Å². The third-order valence-corrected chi connectivity index (χ3v) is 4.26. The number of anilines is 1. The second kappa shape index (κ2) is 7.99. The maximum Gasteiger partial charge on any atom is 0.348 e. The van der Waals surface area contributed by atoms with Crippen molar-refractivity contribution in [3.8, 4) is 0 Å². The molecule has 0 fully saturated rings. The summed E-state index contributed by atoms with van der Waals surface area (Å²) in [5, 5.41) is 2.71. The number of benzene rings is 1. The molecule has 1 aromatic carbocycles. The molecule has 0 aliphatic heterocycles. The summed E-state index contributed by atoms with van der Waals surface area (Å²) >= 11 is 6.86. The molecule has 2 rings (SSSR count). The van der Waals surface area contributed by atoms with E-state index in [0.29, 0.717) is 15.8 Å². The molecule has 1 aromatic heterocycles. The number of esters is 1. The molecule has 1 amide bonds. The van der Waals surface area contributed by atoms with Crippen LogP contribution in [0.4, 0.5) is 5.69 Å². The van der Waals surface area contributed by atoms with Gasteiger partial charge in [0, 0.05) is 26.3 Å². The minimum Gasteiger partial charge on any atom is -0.451 e. The largest absolute Gasteiger partial charge is 0.451 e. The van der Waals surface area contributed by atoms with Crippen molar-refractivity contribution >= 4 is 40.5 Å². The van der Waals surface area contributed by atoms with Crippen LogP contribution in [0.25, 0.3) is 0 Å². The molecule has 0 unspecified atom stereocenters. The SMILES string of the molecule is CN(C)c1ccc(CNC(=O)COC(=O)c2ccc(Cl)s2)cc1. The first-order valence-corrected chi connectivity index (χ1v) is 8.10. The summed E-state index contributed by atoms with van der Waals surface area (Å²) in [5.74, 6) is -0.898. The number of rotatable bonds is 6. The van der Waals surface area contributed by atoms with E-state index >= 15 is 0 Å². The van der Waals surface area contributed by atoms with Gasteiger partial charge >= 0.3 is 5.97 Å². The number of thiophene rings is 1. The molecule has 0 saturated heterocycles. The van der Waals surface area contributed by atoms with E-state index in [2.05, 4.69) is 5.32 Å². The Kier molecular flexibility index (Phi) is 6.01. The summed E-state index contributed by atoms with van der Waals surface area (Å²) in [6, 6.07) is 11.0. The molecule has 0 radical (unpaired) electrons. The molecule has 0 saturated carbocycles. The summed E-state index contributed by atoms with van der Waals surface area (Å²) in [6.07, 6.45) is 0. The molecule has 7 heteroatoms. The van der Waals surface area contributed by atoms with Crippen LogP contribution in [0.1, 0.15) is 15.2 Å². The van der Waals surface area contributed by atoms with Crippen LogP contribution in [0, 0.1) is 0 Å². The van der Waals surface area contributed by atoms with Crippen molar-refractivity contribution in [2.45, 2.75) is 6.54 Å². The van der Waals surface area contributed by atoms with Crippen LogP contribution in [-0.2, 0) is 16.1 Å². The molecule has 2 aromatic rings. The molecule has 122 valence electrons. The number of hydrogen-bond acceptors (Lipinski definition) is 5. The van der Waals surface area contributed by atoms with E-state index in [4.69, 9.17) is 16.3 Å². The highest BCUT2D eigenvalue weighted by Gasteiger charge is 2.12. The van der Waals surface area contributed by atoms with Crippen molar-refractivity contribution in [1.29, 1.82) is 0 Å². The molecule has 0 aliphatic rings. The number of hydrogen-bond donors (Lipinski definition) is 1. The Bertz CT molecular complexity index is 683. The van der Waals surface area contributed by atoms with E-state index in [9.17, 15) is 9.59 Å². The summed E-state index contributed by atoms with van der Waals surface area (Å²) in [6.45, 7) is 0.0685. The molecule has 0 atom stereocenters. The van der Waals surface area contributed by atoms with Crippen molar-refractivity contribution in [1.82, 2.24) is 5.32 Å². The minimum atomic E-state index is -0.549. The number of amides is 1. The van der Waals surface area contributed by atoms with Crippen LogP contribution < -0.4 is 10.2 Å². The molecule has 1 heterocycles. The van der Waals surface area contributed by atoms with Crippen LogP contribution in [0.2, 0.25) is 4.34 Å². The Hall–Kier alpha value is -2.05. The number of ether oxygens (including phenoxy) is 1. The van der Waals surface area contributed by atoms with Gasteiger partial charge in [0.05, 0.1) is 4.34 Å². The van der Waals surface area contributed by atoms with Crippen LogP contribution in [-0.4, -0.2) is 32.6 Å². The fourth-order valence-corrected chi connectivity index (χ4v) is 2.73. The monoisotopic (exact) mass is 352 g/mol. The highest BCUT2D eigenvalue weighted by molar-refractivity contribution is 7.17. The third-order valence-electron chi connectivity index (χ3n) is 3.05. The smallest absolute Gasteiger partial charge is 0.348 e. The maximum atomic E-state index is 11.7. The van der Waals surface area contributed by atoms with E-state index in [1.165, 1.54) is 0 Å². The first kappa shape index (κ1) is 17.3. The number of nitrogens with zero attached hydrogens (tertiary/aromatic N) is 1. The zero-order valence-corrected chi connectivity index (χ0v) is 14.4. The molecular weight excluding hydrogens is 336 g/mol. The Morgan fingerprint density at radius 2 is 1.87 bits per heavy atom. The van der Waals surface area contributed by atoms with Crippen molar-refractivity contribution in [3.05, 3.63) is 51.2 Å². The lowest BCUT2D eigenvalue weighted by molar-refractivity contribution is -0.124. The van der Waals surface area contributed by atoms with Crippen molar-refractivity contribution in [2.24, 2.45) is 0 Å². The van der Waals surface area contributed by atoms with Gasteiger partial charge in [-0.05, 0) is 29.8 Å². The van der Waals surface area contributed by atoms with E-state index in [0.717, 1.165) is 22.6 Å². The van der Waals surface area contributed by atoms with Gasteiger partial charge in [-0.1, -0.05) is 23.7 Å². The Morgan fingerprint density at radius 1 is 1.17 bits per heavy atom. The minimum absolute atomic E-state index is 0.315. The maximum absolute atomic E-state index is 11.7. The molecule has 23 heavy (non-hydrogen) atoms. The van der Waals surface area contributed by atoms with E-state index in [1.54, 1.807) is 12.1 Å². The number of nitrogens with one attached hydrogen (secondary N) is 1. The van der Waals surface area contributed by atoms with Gasteiger partial charge in [0.15, 0.2) is 6.61 Å². The van der Waals surface area contributed by atoms with Crippen molar-refractivity contribution in [2.75, 3.05) is 25.6 Å². The van der Waals surface area contributed by atoms with Crippen LogP contribution in [0.5, 0.6) is 0 Å². The first-order chi connectivity index (χ1) is 11.0. The predicted molar refractivity (Wildman–Crippen MR) is 92.2 cm³/mol. The number of halogens is 1. The van der Waals surface area contributed by atoms with Gasteiger partial charge in [0.25, 0.3) is 5.91 Å². The van der Waals surface area contributed by atoms with Gasteiger partial charge in [-0.2, -0.15) is 0 Å². The highest BCUT2D eigenvalue weighted by Crippen LogP contribution is 2.21. The van der Waals surface area contributed by atoms with Gasteiger partial charge in [-0.3, -0.25) is 4.79 Å². The van der Waals surface area contributed by atoms with Crippen LogP contribution in [0.15, 0.2) is 36.4 Å².